The molecule has 4 nitrogen and oxygen atoms in total. The number of hydrogen-bond donors (Lipinski definition) is 2. The van der Waals surface area contributed by atoms with E-state index in [4.69, 9.17) is 5.11 Å². The lowest BCUT2D eigenvalue weighted by molar-refractivity contribution is -0.137. The molecule has 1 aromatic rings. The number of carboxylic acid groups (broad SMARTS) is 1. The summed E-state index contributed by atoms with van der Waals surface area (Å²) < 4.78 is 1.10. The topological polar surface area (TPSA) is 66.4 Å². The van der Waals surface area contributed by atoms with E-state index >= 15 is 0 Å². The van der Waals surface area contributed by atoms with Crippen molar-refractivity contribution in [2.45, 2.75) is 32.1 Å². The molecule has 0 aromatic carbocycles. The molecule has 0 saturated carbocycles. The van der Waals surface area contributed by atoms with Crippen molar-refractivity contribution in [1.29, 1.82) is 0 Å². The number of amides is 1. The zero-order chi connectivity index (χ0) is 13.4. The van der Waals surface area contributed by atoms with Crippen molar-refractivity contribution in [3.8, 4) is 0 Å². The van der Waals surface area contributed by atoms with Crippen LogP contribution in [-0.2, 0) is 4.79 Å². The third-order valence-electron chi connectivity index (χ3n) is 2.43. The van der Waals surface area contributed by atoms with Gasteiger partial charge in [0.15, 0.2) is 0 Å². The van der Waals surface area contributed by atoms with Crippen molar-refractivity contribution in [3.05, 3.63) is 19.9 Å². The summed E-state index contributed by atoms with van der Waals surface area (Å²) in [6.45, 7) is 0.651. The second-order valence-corrected chi connectivity index (χ2v) is 6.76. The molecule has 0 bridgehead atoms. The van der Waals surface area contributed by atoms with Gasteiger partial charge in [-0.05, 0) is 41.5 Å². The minimum absolute atomic E-state index is 0.0281. The Bertz CT molecular complexity index is 406. The zero-order valence-electron chi connectivity index (χ0n) is 9.95. The first kappa shape index (κ1) is 15.4. The van der Waals surface area contributed by atoms with Crippen molar-refractivity contribution in [1.82, 2.24) is 5.32 Å². The number of carbonyl (C=O) groups is 2. The maximum Gasteiger partial charge on any atom is 0.303 e. The summed E-state index contributed by atoms with van der Waals surface area (Å²) in [6.07, 6.45) is 3.70. The lowest BCUT2D eigenvalue weighted by Gasteiger charge is -2.03. The number of rotatable bonds is 8. The Hall–Kier alpha value is -0.630. The highest BCUT2D eigenvalue weighted by molar-refractivity contribution is 14.1. The first-order valence-corrected chi connectivity index (χ1v) is 7.79. The highest BCUT2D eigenvalue weighted by atomic mass is 127. The fraction of sp³-hybridized carbons (Fsp3) is 0.500. The van der Waals surface area contributed by atoms with Crippen LogP contribution in [-0.4, -0.2) is 23.5 Å². The maximum absolute atomic E-state index is 11.7. The first-order chi connectivity index (χ1) is 8.59. The second kappa shape index (κ2) is 8.47. The minimum Gasteiger partial charge on any atom is -0.481 e. The van der Waals surface area contributed by atoms with Crippen molar-refractivity contribution in [2.75, 3.05) is 6.54 Å². The molecule has 0 atom stereocenters. The Balaban J connectivity index is 2.04. The number of carboxylic acids is 1. The number of thiophene rings is 1. The highest BCUT2D eigenvalue weighted by Gasteiger charge is 2.06. The van der Waals surface area contributed by atoms with Gasteiger partial charge in [0, 0.05) is 18.3 Å². The molecule has 6 heteroatoms. The lowest BCUT2D eigenvalue weighted by Crippen LogP contribution is -2.23. The van der Waals surface area contributed by atoms with Gasteiger partial charge in [0.1, 0.15) is 0 Å². The molecule has 18 heavy (non-hydrogen) atoms. The molecular weight excluding hydrogens is 365 g/mol. The molecule has 0 radical (unpaired) electrons. The quantitative estimate of drug-likeness (QED) is 0.537. The highest BCUT2D eigenvalue weighted by Crippen LogP contribution is 2.16. The van der Waals surface area contributed by atoms with Crippen molar-refractivity contribution >= 4 is 45.8 Å². The van der Waals surface area contributed by atoms with Crippen LogP contribution < -0.4 is 5.32 Å². The van der Waals surface area contributed by atoms with Gasteiger partial charge in [-0.3, -0.25) is 9.59 Å². The molecule has 0 aliphatic heterocycles. The average Bonchev–Trinajstić information content (AvgIpc) is 2.74. The smallest absolute Gasteiger partial charge is 0.303 e. The fourth-order valence-corrected chi connectivity index (χ4v) is 2.81. The van der Waals surface area contributed by atoms with Crippen LogP contribution in [0.5, 0.6) is 0 Å². The summed E-state index contributed by atoms with van der Waals surface area (Å²) in [5.74, 6) is -0.768. The van der Waals surface area contributed by atoms with Gasteiger partial charge in [0.05, 0.1) is 8.45 Å². The normalized spacial score (nSPS) is 10.3. The maximum atomic E-state index is 11.7. The molecule has 0 fully saturated rings. The van der Waals surface area contributed by atoms with Crippen LogP contribution in [0.25, 0.3) is 0 Å². The molecule has 0 unspecified atom stereocenters. The third kappa shape index (κ3) is 6.34. The van der Waals surface area contributed by atoms with E-state index in [1.807, 2.05) is 11.4 Å². The number of nitrogens with one attached hydrogen (secondary N) is 1. The monoisotopic (exact) mass is 381 g/mol. The van der Waals surface area contributed by atoms with Crippen LogP contribution in [0.1, 0.15) is 42.5 Å². The molecule has 1 aromatic heterocycles. The van der Waals surface area contributed by atoms with E-state index in [0.717, 1.165) is 27.7 Å². The van der Waals surface area contributed by atoms with E-state index in [1.54, 1.807) is 11.3 Å². The van der Waals surface area contributed by atoms with Gasteiger partial charge in [-0.1, -0.05) is 12.8 Å². The van der Waals surface area contributed by atoms with Crippen molar-refractivity contribution < 1.29 is 14.7 Å². The Labute approximate surface area is 124 Å². The summed E-state index contributed by atoms with van der Waals surface area (Å²) in [6, 6.07) is 1.87. The van der Waals surface area contributed by atoms with Gasteiger partial charge in [0.2, 0.25) is 0 Å². The van der Waals surface area contributed by atoms with Crippen LogP contribution in [0.2, 0.25) is 0 Å². The summed E-state index contributed by atoms with van der Waals surface area (Å²) in [5.41, 5.74) is 0.718. The Morgan fingerprint density at radius 3 is 2.61 bits per heavy atom. The predicted molar refractivity (Wildman–Crippen MR) is 80.1 cm³/mol. The van der Waals surface area contributed by atoms with Gasteiger partial charge >= 0.3 is 5.97 Å². The van der Waals surface area contributed by atoms with Gasteiger partial charge in [-0.25, -0.2) is 0 Å². The van der Waals surface area contributed by atoms with E-state index in [1.165, 1.54) is 0 Å². The lowest BCUT2D eigenvalue weighted by atomic mass is 10.1. The van der Waals surface area contributed by atoms with Gasteiger partial charge in [-0.2, -0.15) is 0 Å². The summed E-state index contributed by atoms with van der Waals surface area (Å²) in [7, 11) is 0. The van der Waals surface area contributed by atoms with Gasteiger partial charge in [0.25, 0.3) is 5.91 Å². The van der Waals surface area contributed by atoms with Crippen LogP contribution in [0.3, 0.4) is 0 Å². The first-order valence-electron chi connectivity index (χ1n) is 5.83. The predicted octanol–water partition coefficient (Wildman–Crippen LogP) is 3.12. The molecule has 2 N–H and O–H groups in total. The largest absolute Gasteiger partial charge is 0.481 e. The molecule has 0 aliphatic carbocycles. The molecule has 0 aliphatic rings. The average molecular weight is 381 g/mol. The van der Waals surface area contributed by atoms with E-state index in [-0.39, 0.29) is 12.3 Å². The Kier molecular flexibility index (Phi) is 7.26. The number of carbonyl (C=O) groups excluding carboxylic acids is 1. The Morgan fingerprint density at radius 1 is 1.28 bits per heavy atom. The third-order valence-corrected chi connectivity index (χ3v) is 4.22. The van der Waals surface area contributed by atoms with Crippen molar-refractivity contribution in [3.63, 3.8) is 0 Å². The van der Waals surface area contributed by atoms with Crippen LogP contribution in [0.4, 0.5) is 0 Å². The number of halogens is 1. The number of hydrogen-bond acceptors (Lipinski definition) is 3. The van der Waals surface area contributed by atoms with Crippen molar-refractivity contribution in [2.24, 2.45) is 0 Å². The van der Waals surface area contributed by atoms with Gasteiger partial charge in [-0.15, -0.1) is 11.3 Å². The number of unbranched alkanes of at least 4 members (excludes halogenated alkanes) is 3. The van der Waals surface area contributed by atoms with Crippen LogP contribution >= 0.6 is 33.9 Å². The molecule has 1 heterocycles. The molecule has 0 saturated heterocycles. The minimum atomic E-state index is -0.740. The Morgan fingerprint density at radius 2 is 2.00 bits per heavy atom. The molecule has 0 spiro atoms. The number of aliphatic carboxylic acids is 1. The van der Waals surface area contributed by atoms with Crippen LogP contribution in [0.15, 0.2) is 11.4 Å². The van der Waals surface area contributed by atoms with E-state index in [2.05, 4.69) is 27.9 Å². The standard InChI is InChI=1S/C12H16INO3S/c13-10-7-9(8-18-10)12(17)14-6-4-2-1-3-5-11(15)16/h7-8H,1-6H2,(H,14,17)(H,15,16). The van der Waals surface area contributed by atoms with Crippen LogP contribution in [0, 0.1) is 2.88 Å². The van der Waals surface area contributed by atoms with E-state index in [9.17, 15) is 9.59 Å². The van der Waals surface area contributed by atoms with E-state index < -0.39 is 5.97 Å². The molecule has 1 amide bonds. The molecular formula is C12H16INO3S. The second-order valence-electron chi connectivity index (χ2n) is 3.95. The molecule has 100 valence electrons. The molecule has 1 rings (SSSR count). The summed E-state index contributed by atoms with van der Waals surface area (Å²) in [5, 5.41) is 13.2. The zero-order valence-corrected chi connectivity index (χ0v) is 12.9. The summed E-state index contributed by atoms with van der Waals surface area (Å²) in [4.78, 5) is 21.9. The fourth-order valence-electron chi connectivity index (χ4n) is 1.49. The summed E-state index contributed by atoms with van der Waals surface area (Å²) >= 11 is 3.75. The van der Waals surface area contributed by atoms with E-state index in [0.29, 0.717) is 13.0 Å². The SMILES string of the molecule is O=C(O)CCCCCCNC(=O)c1csc(I)c1. The van der Waals surface area contributed by atoms with Gasteiger partial charge < -0.3 is 10.4 Å².